The van der Waals surface area contributed by atoms with E-state index in [0.717, 1.165) is 40.3 Å². The lowest BCUT2D eigenvalue weighted by Crippen LogP contribution is -2.33. The first kappa shape index (κ1) is 32.1. The van der Waals surface area contributed by atoms with Crippen LogP contribution in [-0.4, -0.2) is 43.1 Å². The van der Waals surface area contributed by atoms with Crippen molar-refractivity contribution >= 4 is 33.4 Å². The van der Waals surface area contributed by atoms with Crippen LogP contribution >= 0.6 is 11.3 Å². The van der Waals surface area contributed by atoms with Crippen LogP contribution in [0.25, 0.3) is 20.5 Å². The molecule has 0 aliphatic carbocycles. The lowest BCUT2D eigenvalue weighted by molar-refractivity contribution is 0.0729. The molecule has 1 aliphatic rings. The summed E-state index contributed by atoms with van der Waals surface area (Å²) in [4.78, 5) is 29.9. The van der Waals surface area contributed by atoms with Gasteiger partial charge in [0.25, 0.3) is 0 Å². The van der Waals surface area contributed by atoms with Gasteiger partial charge in [0, 0.05) is 27.8 Å². The molecule has 0 unspecified atom stereocenters. The maximum absolute atomic E-state index is 13.3. The third kappa shape index (κ3) is 8.00. The molecule has 1 saturated heterocycles. The Labute approximate surface area is 289 Å². The van der Waals surface area contributed by atoms with Gasteiger partial charge in [0.15, 0.2) is 11.5 Å². The fraction of sp³-hybridized carbons (Fsp3) is 0.171. The van der Waals surface area contributed by atoms with Gasteiger partial charge in [-0.25, -0.2) is 9.59 Å². The Hall–Kier alpha value is -5.44. The smallest absolute Gasteiger partial charge is 0.343 e. The summed E-state index contributed by atoms with van der Waals surface area (Å²) in [6.07, 6.45) is 3.80. The third-order valence-corrected chi connectivity index (χ3v) is 9.49. The highest BCUT2D eigenvalue weighted by molar-refractivity contribution is 7.22. The van der Waals surface area contributed by atoms with E-state index in [2.05, 4.69) is 4.90 Å². The van der Waals surface area contributed by atoms with Gasteiger partial charge in [0.05, 0.1) is 11.1 Å². The van der Waals surface area contributed by atoms with E-state index in [1.807, 2.05) is 66.7 Å². The average Bonchev–Trinajstić information content (AvgIpc) is 3.59. The van der Waals surface area contributed by atoms with Crippen molar-refractivity contribution in [2.24, 2.45) is 0 Å². The van der Waals surface area contributed by atoms with Crippen LogP contribution in [0.4, 0.5) is 0 Å². The fourth-order valence-electron chi connectivity index (χ4n) is 5.76. The molecule has 49 heavy (non-hydrogen) atoms. The van der Waals surface area contributed by atoms with Gasteiger partial charge in [-0.1, -0.05) is 61.0 Å². The summed E-state index contributed by atoms with van der Waals surface area (Å²) in [6.45, 7) is 3.76. The quantitative estimate of drug-likeness (QED) is 0.100. The molecular formula is C41H35NO6S. The SMILES string of the molecule is O=C(Oc1cc(OC(=O)c2ccccc2)c(-c2cc3ccccc3s2)cc1Oc1ccc(OCCN2CCCCC2)cc1)c1ccccc1. The summed E-state index contributed by atoms with van der Waals surface area (Å²) in [6, 6.07) is 38.3. The lowest BCUT2D eigenvalue weighted by Gasteiger charge is -2.26. The molecule has 246 valence electrons. The summed E-state index contributed by atoms with van der Waals surface area (Å²) < 4.78 is 25.5. The maximum atomic E-state index is 13.3. The first-order valence-corrected chi connectivity index (χ1v) is 17.3. The number of likely N-dealkylation sites (tertiary alicyclic amines) is 1. The maximum Gasteiger partial charge on any atom is 0.343 e. The summed E-state index contributed by atoms with van der Waals surface area (Å²) in [5.41, 5.74) is 1.39. The zero-order valence-electron chi connectivity index (χ0n) is 26.9. The molecule has 8 heteroatoms. The molecular weight excluding hydrogens is 635 g/mol. The minimum absolute atomic E-state index is 0.108. The Morgan fingerprint density at radius 2 is 1.22 bits per heavy atom. The predicted octanol–water partition coefficient (Wildman–Crippen LogP) is 9.66. The standard InChI is InChI=1S/C41H35NO6S/c43-40(29-12-4-1-5-13-29)47-35-28-37(48-41(44)30-14-6-2-7-15-30)36(27-34(35)39-26-31-16-8-9-17-38(31)49-39)46-33-20-18-32(19-21-33)45-25-24-42-22-10-3-11-23-42/h1-2,4-9,12-21,26-28H,3,10-11,22-25H2. The van der Waals surface area contributed by atoms with Gasteiger partial charge in [0.2, 0.25) is 0 Å². The van der Waals surface area contributed by atoms with Gasteiger partial charge < -0.3 is 18.9 Å². The first-order valence-electron chi connectivity index (χ1n) is 16.4. The number of hydrogen-bond donors (Lipinski definition) is 0. The largest absolute Gasteiger partial charge is 0.492 e. The molecule has 5 aromatic carbocycles. The molecule has 2 heterocycles. The van der Waals surface area contributed by atoms with Crippen molar-refractivity contribution in [3.8, 4) is 39.2 Å². The van der Waals surface area contributed by atoms with Gasteiger partial charge >= 0.3 is 11.9 Å². The monoisotopic (exact) mass is 669 g/mol. The van der Waals surface area contributed by atoms with E-state index in [0.29, 0.717) is 29.0 Å². The molecule has 0 amide bonds. The predicted molar refractivity (Wildman–Crippen MR) is 192 cm³/mol. The zero-order valence-corrected chi connectivity index (χ0v) is 27.7. The van der Waals surface area contributed by atoms with Crippen molar-refractivity contribution in [2.45, 2.75) is 19.3 Å². The van der Waals surface area contributed by atoms with Gasteiger partial charge in [-0.2, -0.15) is 0 Å². The molecule has 0 spiro atoms. The number of piperidine rings is 1. The number of rotatable bonds is 11. The summed E-state index contributed by atoms with van der Waals surface area (Å²) in [5, 5.41) is 1.06. The van der Waals surface area contributed by atoms with E-state index in [9.17, 15) is 9.59 Å². The molecule has 1 fully saturated rings. The van der Waals surface area contributed by atoms with Crippen molar-refractivity contribution in [3.05, 3.63) is 139 Å². The van der Waals surface area contributed by atoms with E-state index in [1.165, 1.54) is 19.3 Å². The van der Waals surface area contributed by atoms with Crippen molar-refractivity contribution in [1.29, 1.82) is 0 Å². The van der Waals surface area contributed by atoms with Crippen LogP contribution < -0.4 is 18.9 Å². The van der Waals surface area contributed by atoms with Crippen LogP contribution in [0.2, 0.25) is 0 Å². The van der Waals surface area contributed by atoms with E-state index < -0.39 is 11.9 Å². The fourth-order valence-corrected chi connectivity index (χ4v) is 6.85. The number of fused-ring (bicyclic) bond motifs is 1. The van der Waals surface area contributed by atoms with E-state index in [4.69, 9.17) is 18.9 Å². The van der Waals surface area contributed by atoms with Crippen molar-refractivity contribution < 1.29 is 28.5 Å². The van der Waals surface area contributed by atoms with Crippen LogP contribution in [-0.2, 0) is 0 Å². The number of carbonyl (C=O) groups is 2. The second kappa shape index (κ2) is 15.2. The highest BCUT2D eigenvalue weighted by Crippen LogP contribution is 2.46. The zero-order chi connectivity index (χ0) is 33.4. The van der Waals surface area contributed by atoms with Crippen molar-refractivity contribution in [3.63, 3.8) is 0 Å². The molecule has 0 N–H and O–H groups in total. The number of ether oxygens (including phenoxy) is 4. The highest BCUT2D eigenvalue weighted by atomic mass is 32.1. The number of carbonyl (C=O) groups excluding carboxylic acids is 2. The topological polar surface area (TPSA) is 74.3 Å². The van der Waals surface area contributed by atoms with Crippen LogP contribution in [0.3, 0.4) is 0 Å². The highest BCUT2D eigenvalue weighted by Gasteiger charge is 2.22. The van der Waals surface area contributed by atoms with Crippen LogP contribution in [0.5, 0.6) is 28.7 Å². The molecule has 1 aliphatic heterocycles. The van der Waals surface area contributed by atoms with Gasteiger partial charge in [-0.3, -0.25) is 4.90 Å². The van der Waals surface area contributed by atoms with Crippen molar-refractivity contribution in [2.75, 3.05) is 26.2 Å². The normalized spacial score (nSPS) is 13.1. The van der Waals surface area contributed by atoms with Crippen molar-refractivity contribution in [1.82, 2.24) is 4.90 Å². The number of nitrogens with zero attached hydrogens (tertiary/aromatic N) is 1. The van der Waals surface area contributed by atoms with E-state index in [1.54, 1.807) is 72.0 Å². The molecule has 0 atom stereocenters. The minimum atomic E-state index is -0.571. The number of benzene rings is 5. The average molecular weight is 670 g/mol. The second-order valence-corrected chi connectivity index (χ2v) is 12.9. The molecule has 0 radical (unpaired) electrons. The number of hydrogen-bond acceptors (Lipinski definition) is 8. The van der Waals surface area contributed by atoms with E-state index in [-0.39, 0.29) is 17.2 Å². The summed E-state index contributed by atoms with van der Waals surface area (Å²) in [7, 11) is 0. The Morgan fingerprint density at radius 1 is 0.612 bits per heavy atom. The Morgan fingerprint density at radius 3 is 1.90 bits per heavy atom. The van der Waals surface area contributed by atoms with Gasteiger partial charge in [-0.05, 0) is 98.0 Å². The Balaban J connectivity index is 1.22. The molecule has 0 bridgehead atoms. The third-order valence-electron chi connectivity index (χ3n) is 8.34. The lowest BCUT2D eigenvalue weighted by atomic mass is 10.1. The van der Waals surface area contributed by atoms with Gasteiger partial charge in [0.1, 0.15) is 23.9 Å². The second-order valence-electron chi connectivity index (χ2n) is 11.8. The molecule has 6 aromatic rings. The van der Waals surface area contributed by atoms with E-state index >= 15 is 0 Å². The van der Waals surface area contributed by atoms with Crippen LogP contribution in [0.15, 0.2) is 127 Å². The van der Waals surface area contributed by atoms with Gasteiger partial charge in [-0.15, -0.1) is 11.3 Å². The number of esters is 2. The molecule has 1 aromatic heterocycles. The van der Waals surface area contributed by atoms with Crippen LogP contribution in [0, 0.1) is 0 Å². The Bertz CT molecular complexity index is 2000. The summed E-state index contributed by atoms with van der Waals surface area (Å²) in [5.74, 6) is 0.796. The Kier molecular flexibility index (Phi) is 9.96. The molecule has 7 rings (SSSR count). The summed E-state index contributed by atoms with van der Waals surface area (Å²) >= 11 is 1.56. The molecule has 7 nitrogen and oxygen atoms in total. The van der Waals surface area contributed by atoms with Crippen LogP contribution in [0.1, 0.15) is 40.0 Å². The molecule has 0 saturated carbocycles. The first-order chi connectivity index (χ1) is 24.1. The number of thiophene rings is 1. The minimum Gasteiger partial charge on any atom is -0.492 e.